The van der Waals surface area contributed by atoms with Crippen LogP contribution in [-0.2, 0) is 9.59 Å². The summed E-state index contributed by atoms with van der Waals surface area (Å²) < 4.78 is 10.7. The largest absolute Gasteiger partial charge is 0.493 e. The molecule has 7 nitrogen and oxygen atoms in total. The number of methoxy groups -OCH3 is 2. The molecule has 1 aliphatic heterocycles. The molecule has 7 heteroatoms. The normalized spacial score (nSPS) is 15.6. The Morgan fingerprint density at radius 2 is 1.87 bits per heavy atom. The van der Waals surface area contributed by atoms with E-state index in [1.165, 1.54) is 5.01 Å². The molecule has 2 aromatic rings. The van der Waals surface area contributed by atoms with Gasteiger partial charge >= 0.3 is 5.97 Å². The minimum Gasteiger partial charge on any atom is -0.493 e. The van der Waals surface area contributed by atoms with Crippen LogP contribution in [0, 0.1) is 6.92 Å². The highest BCUT2D eigenvalue weighted by Crippen LogP contribution is 2.36. The summed E-state index contributed by atoms with van der Waals surface area (Å²) in [7, 11) is 3.15. The van der Waals surface area contributed by atoms with Gasteiger partial charge in [0.25, 0.3) is 0 Å². The molecule has 0 bridgehead atoms. The van der Waals surface area contributed by atoms with Crippen LogP contribution < -0.4 is 9.47 Å². The van der Waals surface area contributed by atoms with Crippen molar-refractivity contribution < 1.29 is 24.2 Å². The molecule has 1 heterocycles. The fourth-order valence-electron chi connectivity index (χ4n) is 3.57. The van der Waals surface area contributed by atoms with Gasteiger partial charge in [0.15, 0.2) is 11.5 Å². The SMILES string of the molecule is COc1ccc(C2=NN(C(=O)CCCC(=O)O)C(c3cccc(C)c3)C2)cc1OC. The van der Waals surface area contributed by atoms with Crippen LogP contribution in [0.2, 0.25) is 0 Å². The van der Waals surface area contributed by atoms with Gasteiger partial charge in [0.1, 0.15) is 0 Å². The molecule has 0 fully saturated rings. The second-order valence-corrected chi connectivity index (χ2v) is 7.24. The van der Waals surface area contributed by atoms with Crippen molar-refractivity contribution in [3.05, 3.63) is 59.2 Å². The number of hydrogen-bond acceptors (Lipinski definition) is 5. The molecule has 1 amide bonds. The lowest BCUT2D eigenvalue weighted by molar-refractivity contribution is -0.137. The Bertz CT molecular complexity index is 970. The van der Waals surface area contributed by atoms with Crippen molar-refractivity contribution in [1.82, 2.24) is 5.01 Å². The highest BCUT2D eigenvalue weighted by atomic mass is 16.5. The first-order valence-corrected chi connectivity index (χ1v) is 9.83. The van der Waals surface area contributed by atoms with E-state index < -0.39 is 5.97 Å². The maximum absolute atomic E-state index is 12.9. The van der Waals surface area contributed by atoms with E-state index in [9.17, 15) is 9.59 Å². The summed E-state index contributed by atoms with van der Waals surface area (Å²) in [5, 5.41) is 15.0. The lowest BCUT2D eigenvalue weighted by atomic mass is 9.97. The fourth-order valence-corrected chi connectivity index (χ4v) is 3.57. The summed E-state index contributed by atoms with van der Waals surface area (Å²) in [6.07, 6.45) is 0.939. The van der Waals surface area contributed by atoms with Crippen molar-refractivity contribution >= 4 is 17.6 Å². The molecule has 158 valence electrons. The molecule has 30 heavy (non-hydrogen) atoms. The standard InChI is InChI=1S/C23H26N2O5/c1-15-6-4-7-17(12-15)19-14-18(16-10-11-20(29-2)21(13-16)30-3)24-25(19)22(26)8-5-9-23(27)28/h4,6-7,10-13,19H,5,8-9,14H2,1-3H3,(H,27,28). The van der Waals surface area contributed by atoms with Crippen LogP contribution in [0.3, 0.4) is 0 Å². The van der Waals surface area contributed by atoms with Crippen molar-refractivity contribution in [3.8, 4) is 11.5 Å². The van der Waals surface area contributed by atoms with E-state index in [0.29, 0.717) is 17.9 Å². The van der Waals surface area contributed by atoms with Crippen LogP contribution in [0.15, 0.2) is 47.6 Å². The number of carbonyl (C=O) groups is 2. The molecule has 2 aromatic carbocycles. The summed E-state index contributed by atoms with van der Waals surface area (Å²) in [4.78, 5) is 23.7. The van der Waals surface area contributed by atoms with Crippen molar-refractivity contribution in [2.45, 2.75) is 38.6 Å². The van der Waals surface area contributed by atoms with Gasteiger partial charge in [-0.2, -0.15) is 5.10 Å². The van der Waals surface area contributed by atoms with E-state index in [2.05, 4.69) is 11.2 Å². The number of aryl methyl sites for hydroxylation is 1. The smallest absolute Gasteiger partial charge is 0.303 e. The lowest BCUT2D eigenvalue weighted by Gasteiger charge is -2.22. The fraction of sp³-hybridized carbons (Fsp3) is 0.348. The first kappa shape index (κ1) is 21.4. The third-order valence-electron chi connectivity index (χ3n) is 5.09. The van der Waals surface area contributed by atoms with Gasteiger partial charge in [-0.1, -0.05) is 29.8 Å². The topological polar surface area (TPSA) is 88.4 Å². The highest BCUT2D eigenvalue weighted by Gasteiger charge is 2.33. The lowest BCUT2D eigenvalue weighted by Crippen LogP contribution is -2.27. The summed E-state index contributed by atoms with van der Waals surface area (Å²) >= 11 is 0. The van der Waals surface area contributed by atoms with Crippen LogP contribution >= 0.6 is 0 Å². The maximum atomic E-state index is 12.9. The second kappa shape index (κ2) is 9.43. The number of carboxylic acids is 1. The number of rotatable bonds is 8. The number of carboxylic acid groups (broad SMARTS) is 1. The molecular formula is C23H26N2O5. The van der Waals surface area contributed by atoms with Gasteiger partial charge in [-0.15, -0.1) is 0 Å². The summed E-state index contributed by atoms with van der Waals surface area (Å²) in [5.74, 6) is 0.125. The van der Waals surface area contributed by atoms with E-state index in [1.807, 2.05) is 43.3 Å². The van der Waals surface area contributed by atoms with Crippen molar-refractivity contribution in [2.75, 3.05) is 14.2 Å². The Hall–Kier alpha value is -3.35. The van der Waals surface area contributed by atoms with Crippen molar-refractivity contribution in [3.63, 3.8) is 0 Å². The number of aliphatic carboxylic acids is 1. The quantitative estimate of drug-likeness (QED) is 0.712. The minimum absolute atomic E-state index is 0.0407. The van der Waals surface area contributed by atoms with Gasteiger partial charge in [0.05, 0.1) is 26.0 Å². The third kappa shape index (κ3) is 4.79. The zero-order valence-corrected chi connectivity index (χ0v) is 17.4. The zero-order valence-electron chi connectivity index (χ0n) is 17.4. The van der Waals surface area contributed by atoms with E-state index in [-0.39, 0.29) is 31.2 Å². The molecule has 1 aliphatic rings. The summed E-state index contributed by atoms with van der Waals surface area (Å²) in [5.41, 5.74) is 3.73. The molecule has 0 spiro atoms. The number of amides is 1. The number of ether oxygens (including phenoxy) is 2. The van der Waals surface area contributed by atoms with Gasteiger partial charge in [-0.3, -0.25) is 9.59 Å². The number of hydrazone groups is 1. The number of hydrogen-bond donors (Lipinski definition) is 1. The third-order valence-corrected chi connectivity index (χ3v) is 5.09. The Labute approximate surface area is 175 Å². The summed E-state index contributed by atoms with van der Waals surface area (Å²) in [6, 6.07) is 13.3. The Balaban J connectivity index is 1.91. The predicted octanol–water partition coefficient (Wildman–Crippen LogP) is 3.94. The van der Waals surface area contributed by atoms with Crippen LogP contribution in [0.1, 0.15) is 48.4 Å². The molecule has 0 saturated carbocycles. The number of benzene rings is 2. The van der Waals surface area contributed by atoms with Crippen LogP contribution in [-0.4, -0.2) is 41.9 Å². The number of carbonyl (C=O) groups excluding carboxylic acids is 1. The van der Waals surface area contributed by atoms with E-state index >= 15 is 0 Å². The van der Waals surface area contributed by atoms with E-state index in [4.69, 9.17) is 14.6 Å². The van der Waals surface area contributed by atoms with Gasteiger partial charge in [-0.05, 0) is 37.1 Å². The van der Waals surface area contributed by atoms with Gasteiger partial charge in [-0.25, -0.2) is 5.01 Å². The molecule has 0 aromatic heterocycles. The molecular weight excluding hydrogens is 384 g/mol. The van der Waals surface area contributed by atoms with Crippen LogP contribution in [0.25, 0.3) is 0 Å². The molecule has 0 saturated heterocycles. The summed E-state index contributed by atoms with van der Waals surface area (Å²) in [6.45, 7) is 2.01. The molecule has 0 radical (unpaired) electrons. The second-order valence-electron chi connectivity index (χ2n) is 7.24. The van der Waals surface area contributed by atoms with Gasteiger partial charge in [0, 0.05) is 24.8 Å². The highest BCUT2D eigenvalue weighted by molar-refractivity contribution is 6.03. The van der Waals surface area contributed by atoms with E-state index in [1.54, 1.807) is 14.2 Å². The number of nitrogens with zero attached hydrogens (tertiary/aromatic N) is 2. The Morgan fingerprint density at radius 1 is 1.10 bits per heavy atom. The van der Waals surface area contributed by atoms with Crippen molar-refractivity contribution in [2.24, 2.45) is 5.10 Å². The minimum atomic E-state index is -0.908. The van der Waals surface area contributed by atoms with Gasteiger partial charge < -0.3 is 14.6 Å². The first-order valence-electron chi connectivity index (χ1n) is 9.83. The van der Waals surface area contributed by atoms with Crippen molar-refractivity contribution in [1.29, 1.82) is 0 Å². The molecule has 1 atom stereocenters. The predicted molar refractivity (Wildman–Crippen MR) is 113 cm³/mol. The van der Waals surface area contributed by atoms with Crippen LogP contribution in [0.5, 0.6) is 11.5 Å². The zero-order chi connectivity index (χ0) is 21.7. The average Bonchev–Trinajstić information content (AvgIpc) is 3.18. The molecule has 3 rings (SSSR count). The van der Waals surface area contributed by atoms with Gasteiger partial charge in [0.2, 0.25) is 5.91 Å². The average molecular weight is 410 g/mol. The molecule has 1 unspecified atom stereocenters. The Kier molecular flexibility index (Phi) is 6.72. The molecule has 0 aliphatic carbocycles. The van der Waals surface area contributed by atoms with Crippen LogP contribution in [0.4, 0.5) is 0 Å². The maximum Gasteiger partial charge on any atom is 0.303 e. The monoisotopic (exact) mass is 410 g/mol. The Morgan fingerprint density at radius 3 is 2.53 bits per heavy atom. The van der Waals surface area contributed by atoms with E-state index in [0.717, 1.165) is 22.4 Å². The molecule has 1 N–H and O–H groups in total. The first-order chi connectivity index (χ1) is 14.4.